The molecule has 1 aliphatic heterocycles. The van der Waals surface area contributed by atoms with Crippen LogP contribution in [0.4, 0.5) is 0 Å². The van der Waals surface area contributed by atoms with E-state index in [4.69, 9.17) is 13.9 Å². The highest BCUT2D eigenvalue weighted by Gasteiger charge is 2.47. The fraction of sp³-hybridized carbons (Fsp3) is 0.231. The first-order valence-corrected chi connectivity index (χ1v) is 10.6. The van der Waals surface area contributed by atoms with E-state index < -0.39 is 17.7 Å². The molecule has 0 radical (unpaired) electrons. The number of likely N-dealkylation sites (tertiary alicyclic amines) is 1. The van der Waals surface area contributed by atoms with E-state index in [9.17, 15) is 14.7 Å². The van der Waals surface area contributed by atoms with E-state index in [0.717, 1.165) is 11.1 Å². The van der Waals surface area contributed by atoms with Gasteiger partial charge in [-0.3, -0.25) is 9.59 Å². The fourth-order valence-electron chi connectivity index (χ4n) is 3.88. The van der Waals surface area contributed by atoms with Crippen LogP contribution in [0.15, 0.2) is 76.9 Å². The van der Waals surface area contributed by atoms with Crippen LogP contribution in [0.5, 0.6) is 5.75 Å². The van der Waals surface area contributed by atoms with Crippen LogP contribution in [0.2, 0.25) is 0 Å². The topological polar surface area (TPSA) is 89.2 Å². The van der Waals surface area contributed by atoms with Crippen molar-refractivity contribution in [1.29, 1.82) is 0 Å². The van der Waals surface area contributed by atoms with Gasteiger partial charge in [0.15, 0.2) is 0 Å². The van der Waals surface area contributed by atoms with Crippen molar-refractivity contribution >= 4 is 17.4 Å². The van der Waals surface area contributed by atoms with E-state index in [1.807, 2.05) is 25.1 Å². The van der Waals surface area contributed by atoms with Gasteiger partial charge in [-0.1, -0.05) is 29.8 Å². The molecule has 0 saturated carbocycles. The van der Waals surface area contributed by atoms with E-state index in [0.29, 0.717) is 23.7 Å². The molecule has 4 rings (SSSR count). The Hall–Kier alpha value is -3.84. The van der Waals surface area contributed by atoms with E-state index >= 15 is 0 Å². The summed E-state index contributed by atoms with van der Waals surface area (Å²) in [5.74, 6) is -0.709. The Morgan fingerprint density at radius 2 is 1.88 bits per heavy atom. The van der Waals surface area contributed by atoms with Crippen molar-refractivity contribution in [2.24, 2.45) is 0 Å². The van der Waals surface area contributed by atoms with Gasteiger partial charge in [-0.15, -0.1) is 0 Å². The average molecular weight is 447 g/mol. The molecule has 0 aliphatic carbocycles. The Kier molecular flexibility index (Phi) is 6.60. The Bertz CT molecular complexity index is 1160. The van der Waals surface area contributed by atoms with Crippen molar-refractivity contribution in [1.82, 2.24) is 4.90 Å². The van der Waals surface area contributed by atoms with Gasteiger partial charge in [0.05, 0.1) is 18.4 Å². The molecule has 1 fully saturated rings. The number of Topliss-reactive ketones (excluding diaryl/α,β-unsaturated/α-hetero) is 1. The van der Waals surface area contributed by atoms with Gasteiger partial charge < -0.3 is 23.9 Å². The van der Waals surface area contributed by atoms with Gasteiger partial charge in [-0.05, 0) is 48.9 Å². The summed E-state index contributed by atoms with van der Waals surface area (Å²) in [5, 5.41) is 11.0. The summed E-state index contributed by atoms with van der Waals surface area (Å²) < 4.78 is 16.4. The minimum atomic E-state index is -0.826. The van der Waals surface area contributed by atoms with Gasteiger partial charge >= 0.3 is 0 Å². The molecule has 2 heterocycles. The molecule has 33 heavy (non-hydrogen) atoms. The van der Waals surface area contributed by atoms with E-state index in [1.165, 1.54) is 18.3 Å². The molecule has 2 aromatic carbocycles. The third-order valence-electron chi connectivity index (χ3n) is 5.50. The molecule has 0 unspecified atom stereocenters. The SMILES string of the molecule is COCCN1C(=O)C(=O)/C(=C(/O)c2ccc(OCc3cccc(C)c3)cc2)[C@H]1c1ccco1. The zero-order valence-electron chi connectivity index (χ0n) is 18.5. The molecule has 1 N–H and O–H groups in total. The van der Waals surface area contributed by atoms with Gasteiger partial charge in [0, 0.05) is 19.2 Å². The lowest BCUT2D eigenvalue weighted by molar-refractivity contribution is -0.140. The Labute approximate surface area is 191 Å². The summed E-state index contributed by atoms with van der Waals surface area (Å²) in [6.45, 7) is 2.87. The number of hydrogen-bond acceptors (Lipinski definition) is 6. The van der Waals surface area contributed by atoms with Crippen LogP contribution < -0.4 is 4.74 Å². The highest BCUT2D eigenvalue weighted by Crippen LogP contribution is 2.39. The number of methoxy groups -OCH3 is 1. The molecule has 170 valence electrons. The smallest absolute Gasteiger partial charge is 0.295 e. The maximum atomic E-state index is 12.8. The largest absolute Gasteiger partial charge is 0.507 e. The number of furan rings is 1. The Morgan fingerprint density at radius 3 is 2.55 bits per heavy atom. The fourth-order valence-corrected chi connectivity index (χ4v) is 3.88. The van der Waals surface area contributed by atoms with Crippen LogP contribution in [-0.4, -0.2) is 42.0 Å². The molecule has 7 heteroatoms. The number of carbonyl (C=O) groups excluding carboxylic acids is 2. The molecule has 1 atom stereocenters. The van der Waals surface area contributed by atoms with E-state index in [2.05, 4.69) is 6.07 Å². The average Bonchev–Trinajstić information content (AvgIpc) is 3.43. The second-order valence-corrected chi connectivity index (χ2v) is 7.80. The minimum absolute atomic E-state index is 0.0144. The number of aliphatic hydroxyl groups is 1. The third kappa shape index (κ3) is 4.68. The number of ketones is 1. The van der Waals surface area contributed by atoms with E-state index in [-0.39, 0.29) is 24.5 Å². The van der Waals surface area contributed by atoms with Gasteiger partial charge in [-0.2, -0.15) is 0 Å². The number of hydrogen-bond donors (Lipinski definition) is 1. The number of aliphatic hydroxyl groups excluding tert-OH is 1. The predicted molar refractivity (Wildman–Crippen MR) is 122 cm³/mol. The lowest BCUT2D eigenvalue weighted by atomic mass is 9.99. The number of carbonyl (C=O) groups is 2. The normalized spacial score (nSPS) is 17.5. The van der Waals surface area contributed by atoms with Crippen LogP contribution in [-0.2, 0) is 20.9 Å². The second-order valence-electron chi connectivity index (χ2n) is 7.80. The minimum Gasteiger partial charge on any atom is -0.507 e. The number of aryl methyl sites for hydroxylation is 1. The van der Waals surface area contributed by atoms with Gasteiger partial charge in [-0.25, -0.2) is 0 Å². The Morgan fingerprint density at radius 1 is 1.09 bits per heavy atom. The van der Waals surface area contributed by atoms with Crippen molar-refractivity contribution < 1.29 is 28.6 Å². The highest BCUT2D eigenvalue weighted by atomic mass is 16.5. The molecular formula is C26H25NO6. The number of ether oxygens (including phenoxy) is 2. The van der Waals surface area contributed by atoms with Crippen molar-refractivity contribution in [2.75, 3.05) is 20.3 Å². The van der Waals surface area contributed by atoms with Gasteiger partial charge in [0.25, 0.3) is 11.7 Å². The van der Waals surface area contributed by atoms with Crippen molar-refractivity contribution in [3.05, 3.63) is 95.0 Å². The zero-order chi connectivity index (χ0) is 23.4. The number of nitrogens with zero attached hydrogens (tertiary/aromatic N) is 1. The quantitative estimate of drug-likeness (QED) is 0.316. The molecule has 1 saturated heterocycles. The number of rotatable bonds is 8. The summed E-state index contributed by atoms with van der Waals surface area (Å²) in [6.07, 6.45) is 1.46. The van der Waals surface area contributed by atoms with Crippen LogP contribution in [0.25, 0.3) is 5.76 Å². The molecule has 1 aromatic heterocycles. The molecule has 1 aliphatic rings. The summed E-state index contributed by atoms with van der Waals surface area (Å²) in [4.78, 5) is 26.9. The number of amides is 1. The van der Waals surface area contributed by atoms with Crippen molar-refractivity contribution in [2.45, 2.75) is 19.6 Å². The molecule has 7 nitrogen and oxygen atoms in total. The summed E-state index contributed by atoms with van der Waals surface area (Å²) in [7, 11) is 1.51. The first kappa shape index (κ1) is 22.4. The monoisotopic (exact) mass is 447 g/mol. The van der Waals surface area contributed by atoms with Crippen LogP contribution >= 0.6 is 0 Å². The standard InChI is InChI=1S/C26H25NO6/c1-17-5-3-6-18(15-17)16-33-20-10-8-19(9-11-20)24(28)22-23(21-7-4-13-32-21)27(12-14-31-2)26(30)25(22)29/h3-11,13,15,23,28H,12,14,16H2,1-2H3/b24-22+/t23-/m1/s1. The predicted octanol–water partition coefficient (Wildman–Crippen LogP) is 4.24. The molecule has 0 bridgehead atoms. The molecule has 3 aromatic rings. The summed E-state index contributed by atoms with van der Waals surface area (Å²) in [5.41, 5.74) is 2.60. The molecule has 0 spiro atoms. The maximum Gasteiger partial charge on any atom is 0.295 e. The van der Waals surface area contributed by atoms with E-state index in [1.54, 1.807) is 36.4 Å². The van der Waals surface area contributed by atoms with Crippen LogP contribution in [0.3, 0.4) is 0 Å². The lowest BCUT2D eigenvalue weighted by Crippen LogP contribution is -2.32. The first-order valence-electron chi connectivity index (χ1n) is 10.6. The lowest BCUT2D eigenvalue weighted by Gasteiger charge is -2.22. The van der Waals surface area contributed by atoms with Gasteiger partial charge in [0.2, 0.25) is 0 Å². The molecular weight excluding hydrogens is 422 g/mol. The van der Waals surface area contributed by atoms with Crippen molar-refractivity contribution in [3.63, 3.8) is 0 Å². The first-order chi connectivity index (χ1) is 16.0. The number of benzene rings is 2. The van der Waals surface area contributed by atoms with Gasteiger partial charge in [0.1, 0.15) is 29.9 Å². The second kappa shape index (κ2) is 9.75. The zero-order valence-corrected chi connectivity index (χ0v) is 18.5. The van der Waals surface area contributed by atoms with Crippen LogP contribution in [0, 0.1) is 6.92 Å². The highest BCUT2D eigenvalue weighted by molar-refractivity contribution is 6.46. The Balaban J connectivity index is 1.60. The molecule has 1 amide bonds. The summed E-state index contributed by atoms with van der Waals surface area (Å²) >= 11 is 0. The summed E-state index contributed by atoms with van der Waals surface area (Å²) in [6, 6.07) is 17.3. The van der Waals surface area contributed by atoms with Crippen LogP contribution in [0.1, 0.15) is 28.5 Å². The third-order valence-corrected chi connectivity index (χ3v) is 5.50. The maximum absolute atomic E-state index is 12.8. The van der Waals surface area contributed by atoms with Crippen molar-refractivity contribution in [3.8, 4) is 5.75 Å².